The number of nitrogens with one attached hydrogen (secondary N) is 2. The molecule has 0 atom stereocenters. The number of hydrogen-bond donors (Lipinski definition) is 2. The van der Waals surface area contributed by atoms with E-state index in [1.165, 1.54) is 43.5 Å². The van der Waals surface area contributed by atoms with Crippen LogP contribution < -0.4 is 10.6 Å². The van der Waals surface area contributed by atoms with Crippen LogP contribution in [-0.2, 0) is 6.54 Å². The van der Waals surface area contributed by atoms with Gasteiger partial charge in [-0.15, -0.1) is 11.3 Å². The van der Waals surface area contributed by atoms with E-state index >= 15 is 0 Å². The Morgan fingerprint density at radius 2 is 2.12 bits per heavy atom. The van der Waals surface area contributed by atoms with Gasteiger partial charge in [-0.05, 0) is 43.8 Å². The molecule has 2 N–H and O–H groups in total. The van der Waals surface area contributed by atoms with Crippen LogP contribution in [0.2, 0.25) is 0 Å². The molecule has 0 spiro atoms. The van der Waals surface area contributed by atoms with Crippen molar-refractivity contribution in [2.75, 3.05) is 13.1 Å². The molecular formula is C13H22N2S. The highest BCUT2D eigenvalue weighted by atomic mass is 32.1. The summed E-state index contributed by atoms with van der Waals surface area (Å²) < 4.78 is 0. The molecule has 1 aromatic rings. The molecule has 1 heterocycles. The molecule has 0 bridgehead atoms. The highest BCUT2D eigenvalue weighted by Crippen LogP contribution is 2.17. The number of hydrogen-bond acceptors (Lipinski definition) is 3. The zero-order valence-electron chi connectivity index (χ0n) is 9.87. The van der Waals surface area contributed by atoms with E-state index in [2.05, 4.69) is 28.1 Å². The summed E-state index contributed by atoms with van der Waals surface area (Å²) in [4.78, 5) is 1.43. The SMILES string of the molecule is c1csc(CNCCCNC2CCCC2)c1. The third-order valence-electron chi connectivity index (χ3n) is 3.20. The lowest BCUT2D eigenvalue weighted by atomic mass is 10.2. The minimum atomic E-state index is 0.817. The Labute approximate surface area is 102 Å². The van der Waals surface area contributed by atoms with Crippen molar-refractivity contribution >= 4 is 11.3 Å². The standard InChI is InChI=1S/C13H22N2S/c1-2-6-12(5-1)15-9-4-8-14-11-13-7-3-10-16-13/h3,7,10,12,14-15H,1-2,4-6,8-9,11H2. The zero-order chi connectivity index (χ0) is 11.1. The van der Waals surface area contributed by atoms with Crippen LogP contribution in [0.15, 0.2) is 17.5 Å². The topological polar surface area (TPSA) is 24.1 Å². The molecule has 1 saturated carbocycles. The summed E-state index contributed by atoms with van der Waals surface area (Å²) in [7, 11) is 0. The van der Waals surface area contributed by atoms with Crippen LogP contribution in [-0.4, -0.2) is 19.1 Å². The van der Waals surface area contributed by atoms with Crippen molar-refractivity contribution in [3.8, 4) is 0 Å². The van der Waals surface area contributed by atoms with Gasteiger partial charge in [0.2, 0.25) is 0 Å². The predicted octanol–water partition coefficient (Wildman–Crippen LogP) is 2.76. The molecular weight excluding hydrogens is 216 g/mol. The van der Waals surface area contributed by atoms with Crippen molar-refractivity contribution in [2.45, 2.75) is 44.7 Å². The van der Waals surface area contributed by atoms with E-state index in [-0.39, 0.29) is 0 Å². The van der Waals surface area contributed by atoms with Gasteiger partial charge < -0.3 is 10.6 Å². The van der Waals surface area contributed by atoms with E-state index in [0.717, 1.165) is 19.1 Å². The molecule has 0 unspecified atom stereocenters. The minimum Gasteiger partial charge on any atom is -0.314 e. The summed E-state index contributed by atoms with van der Waals surface area (Å²) in [5.41, 5.74) is 0. The van der Waals surface area contributed by atoms with Gasteiger partial charge in [0.15, 0.2) is 0 Å². The first-order valence-corrected chi connectivity index (χ1v) is 7.29. The molecule has 2 rings (SSSR count). The molecule has 90 valence electrons. The second-order valence-electron chi connectivity index (χ2n) is 4.55. The van der Waals surface area contributed by atoms with Gasteiger partial charge in [-0.3, -0.25) is 0 Å². The van der Waals surface area contributed by atoms with Crippen molar-refractivity contribution in [2.24, 2.45) is 0 Å². The Hall–Kier alpha value is -0.380. The minimum absolute atomic E-state index is 0.817. The molecule has 0 aliphatic heterocycles. The van der Waals surface area contributed by atoms with Crippen LogP contribution in [0.25, 0.3) is 0 Å². The summed E-state index contributed by atoms with van der Waals surface area (Å²) in [6, 6.07) is 5.12. The third kappa shape index (κ3) is 4.24. The Morgan fingerprint density at radius 1 is 1.25 bits per heavy atom. The first kappa shape index (κ1) is 12.1. The summed E-state index contributed by atoms with van der Waals surface area (Å²) in [6.07, 6.45) is 6.87. The monoisotopic (exact) mass is 238 g/mol. The molecule has 1 fully saturated rings. The predicted molar refractivity (Wildman–Crippen MR) is 70.9 cm³/mol. The van der Waals surface area contributed by atoms with E-state index < -0.39 is 0 Å². The van der Waals surface area contributed by atoms with Crippen LogP contribution in [0, 0.1) is 0 Å². The number of rotatable bonds is 7. The Bertz CT molecular complexity index is 265. The lowest BCUT2D eigenvalue weighted by molar-refractivity contribution is 0.504. The van der Waals surface area contributed by atoms with Gasteiger partial charge in [-0.25, -0.2) is 0 Å². The third-order valence-corrected chi connectivity index (χ3v) is 4.07. The van der Waals surface area contributed by atoms with Crippen molar-refractivity contribution in [1.82, 2.24) is 10.6 Å². The van der Waals surface area contributed by atoms with Gasteiger partial charge in [0.1, 0.15) is 0 Å². The molecule has 1 aliphatic carbocycles. The Kier molecular flexibility index (Phi) is 5.32. The van der Waals surface area contributed by atoms with Gasteiger partial charge >= 0.3 is 0 Å². The van der Waals surface area contributed by atoms with Crippen LogP contribution in [0.4, 0.5) is 0 Å². The number of thiophene rings is 1. The molecule has 0 saturated heterocycles. The van der Waals surface area contributed by atoms with Crippen molar-refractivity contribution in [3.63, 3.8) is 0 Å². The second-order valence-corrected chi connectivity index (χ2v) is 5.58. The maximum atomic E-state index is 3.64. The Morgan fingerprint density at radius 3 is 2.88 bits per heavy atom. The normalized spacial score (nSPS) is 17.0. The second kappa shape index (κ2) is 7.05. The fourth-order valence-electron chi connectivity index (χ4n) is 2.27. The van der Waals surface area contributed by atoms with Crippen LogP contribution >= 0.6 is 11.3 Å². The van der Waals surface area contributed by atoms with Gasteiger partial charge in [-0.1, -0.05) is 18.9 Å². The van der Waals surface area contributed by atoms with E-state index in [9.17, 15) is 0 Å². The van der Waals surface area contributed by atoms with Crippen LogP contribution in [0.5, 0.6) is 0 Å². The van der Waals surface area contributed by atoms with Crippen molar-refractivity contribution < 1.29 is 0 Å². The molecule has 1 aliphatic rings. The van der Waals surface area contributed by atoms with Gasteiger partial charge in [0.25, 0.3) is 0 Å². The summed E-state index contributed by atoms with van der Waals surface area (Å²) in [5, 5.41) is 9.26. The van der Waals surface area contributed by atoms with Crippen molar-refractivity contribution in [1.29, 1.82) is 0 Å². The summed E-state index contributed by atoms with van der Waals surface area (Å²) >= 11 is 1.83. The van der Waals surface area contributed by atoms with Crippen LogP contribution in [0.3, 0.4) is 0 Å². The first-order chi connectivity index (χ1) is 7.95. The highest BCUT2D eigenvalue weighted by molar-refractivity contribution is 7.09. The fourth-order valence-corrected chi connectivity index (χ4v) is 2.95. The molecule has 16 heavy (non-hydrogen) atoms. The lowest BCUT2D eigenvalue weighted by Gasteiger charge is -2.11. The summed E-state index contributed by atoms with van der Waals surface area (Å²) in [5.74, 6) is 0. The molecule has 0 radical (unpaired) electrons. The van der Waals surface area contributed by atoms with E-state index in [0.29, 0.717) is 0 Å². The molecule has 3 heteroatoms. The summed E-state index contributed by atoms with van der Waals surface area (Å²) in [6.45, 7) is 3.32. The van der Waals surface area contributed by atoms with Crippen LogP contribution in [0.1, 0.15) is 37.0 Å². The molecule has 1 aromatic heterocycles. The maximum absolute atomic E-state index is 3.64. The quantitative estimate of drug-likeness (QED) is 0.714. The van der Waals surface area contributed by atoms with E-state index in [1.54, 1.807) is 0 Å². The van der Waals surface area contributed by atoms with E-state index in [4.69, 9.17) is 0 Å². The smallest absolute Gasteiger partial charge is 0.0299 e. The average Bonchev–Trinajstić information content (AvgIpc) is 2.96. The lowest BCUT2D eigenvalue weighted by Crippen LogP contribution is -2.29. The van der Waals surface area contributed by atoms with Gasteiger partial charge in [0.05, 0.1) is 0 Å². The largest absolute Gasteiger partial charge is 0.314 e. The molecule has 0 aromatic carbocycles. The van der Waals surface area contributed by atoms with Gasteiger partial charge in [0, 0.05) is 17.5 Å². The van der Waals surface area contributed by atoms with Crippen molar-refractivity contribution in [3.05, 3.63) is 22.4 Å². The molecule has 0 amide bonds. The fraction of sp³-hybridized carbons (Fsp3) is 0.692. The average molecular weight is 238 g/mol. The Balaban J connectivity index is 1.43. The highest BCUT2D eigenvalue weighted by Gasteiger charge is 2.12. The van der Waals surface area contributed by atoms with Gasteiger partial charge in [-0.2, -0.15) is 0 Å². The molecule has 2 nitrogen and oxygen atoms in total. The van der Waals surface area contributed by atoms with E-state index in [1.807, 2.05) is 11.3 Å². The first-order valence-electron chi connectivity index (χ1n) is 6.41. The zero-order valence-corrected chi connectivity index (χ0v) is 10.7. The maximum Gasteiger partial charge on any atom is 0.0299 e.